The Morgan fingerprint density at radius 1 is 1.08 bits per heavy atom. The molecule has 0 aliphatic carbocycles. The lowest BCUT2D eigenvalue weighted by molar-refractivity contribution is 0.0162. The second-order valence-corrected chi connectivity index (χ2v) is 5.94. The van der Waals surface area contributed by atoms with Gasteiger partial charge in [0.25, 0.3) is 5.91 Å². The predicted octanol–water partition coefficient (Wildman–Crippen LogP) is 2.77. The van der Waals surface area contributed by atoms with Crippen LogP contribution in [0.5, 0.6) is 0 Å². The summed E-state index contributed by atoms with van der Waals surface area (Å²) in [5.41, 5.74) is 1.20. The molecule has 0 aromatic heterocycles. The Morgan fingerprint density at radius 2 is 1.80 bits per heavy atom. The molecule has 0 radical (unpaired) electrons. The molecule has 25 heavy (non-hydrogen) atoms. The third-order valence-electron chi connectivity index (χ3n) is 4.28. The minimum Gasteiger partial charge on any atom is -0.379 e. The van der Waals surface area contributed by atoms with Gasteiger partial charge >= 0.3 is 0 Å². The van der Waals surface area contributed by atoms with Crippen molar-refractivity contribution < 1.29 is 18.3 Å². The Balaban J connectivity index is 1.73. The summed E-state index contributed by atoms with van der Waals surface area (Å²) in [4.78, 5) is 14.5. The lowest BCUT2D eigenvalue weighted by atomic mass is 10.0. The van der Waals surface area contributed by atoms with Gasteiger partial charge in [-0.25, -0.2) is 8.78 Å². The molecule has 0 bridgehead atoms. The summed E-state index contributed by atoms with van der Waals surface area (Å²) in [6, 6.07) is 11.8. The van der Waals surface area contributed by atoms with Crippen LogP contribution in [-0.2, 0) is 4.74 Å². The van der Waals surface area contributed by atoms with Gasteiger partial charge in [0.15, 0.2) is 0 Å². The Bertz CT molecular complexity index is 716. The molecule has 1 atom stereocenters. The zero-order valence-corrected chi connectivity index (χ0v) is 13.8. The number of hydrogen-bond acceptors (Lipinski definition) is 3. The van der Waals surface area contributed by atoms with E-state index in [4.69, 9.17) is 4.74 Å². The van der Waals surface area contributed by atoms with E-state index in [-0.39, 0.29) is 23.3 Å². The van der Waals surface area contributed by atoms with Gasteiger partial charge in [-0.3, -0.25) is 9.69 Å². The first-order valence-electron chi connectivity index (χ1n) is 8.24. The van der Waals surface area contributed by atoms with Crippen LogP contribution in [0.15, 0.2) is 48.5 Å². The molecule has 2 aromatic carbocycles. The van der Waals surface area contributed by atoms with E-state index in [1.165, 1.54) is 30.3 Å². The highest BCUT2D eigenvalue weighted by Gasteiger charge is 2.23. The number of hydrogen-bond donors (Lipinski definition) is 1. The number of morpholine rings is 1. The Labute approximate surface area is 145 Å². The van der Waals surface area contributed by atoms with Crippen LogP contribution in [0.3, 0.4) is 0 Å². The van der Waals surface area contributed by atoms with Gasteiger partial charge in [-0.2, -0.15) is 0 Å². The molecule has 4 nitrogen and oxygen atoms in total. The van der Waals surface area contributed by atoms with E-state index in [0.29, 0.717) is 19.8 Å². The van der Waals surface area contributed by atoms with Crippen molar-refractivity contribution in [2.45, 2.75) is 6.04 Å². The SMILES string of the molecule is O=C(NCC(c1ccc(F)cc1)N1CCOCC1)c1cccc(F)c1. The summed E-state index contributed by atoms with van der Waals surface area (Å²) in [6.45, 7) is 3.06. The molecule has 1 aliphatic rings. The topological polar surface area (TPSA) is 41.6 Å². The minimum atomic E-state index is -0.448. The van der Waals surface area contributed by atoms with E-state index in [9.17, 15) is 13.6 Å². The molecular weight excluding hydrogens is 326 g/mol. The first kappa shape index (κ1) is 17.5. The van der Waals surface area contributed by atoms with E-state index >= 15 is 0 Å². The fourth-order valence-corrected chi connectivity index (χ4v) is 2.95. The Morgan fingerprint density at radius 3 is 2.48 bits per heavy atom. The monoisotopic (exact) mass is 346 g/mol. The van der Waals surface area contributed by atoms with Crippen molar-refractivity contribution in [1.82, 2.24) is 10.2 Å². The van der Waals surface area contributed by atoms with Gasteiger partial charge in [-0.05, 0) is 35.9 Å². The van der Waals surface area contributed by atoms with Crippen molar-refractivity contribution in [3.63, 3.8) is 0 Å². The smallest absolute Gasteiger partial charge is 0.251 e. The zero-order valence-electron chi connectivity index (χ0n) is 13.8. The molecule has 132 valence electrons. The normalized spacial score (nSPS) is 16.4. The second kappa shape index (κ2) is 8.18. The summed E-state index contributed by atoms with van der Waals surface area (Å²) >= 11 is 0. The van der Waals surface area contributed by atoms with E-state index in [1.54, 1.807) is 18.2 Å². The lowest BCUT2D eigenvalue weighted by Crippen LogP contribution is -2.43. The molecule has 1 aliphatic heterocycles. The molecule has 1 fully saturated rings. The summed E-state index contributed by atoms with van der Waals surface area (Å²) in [7, 11) is 0. The van der Waals surface area contributed by atoms with Crippen molar-refractivity contribution >= 4 is 5.91 Å². The van der Waals surface area contributed by atoms with Gasteiger partial charge in [0, 0.05) is 25.2 Å². The predicted molar refractivity (Wildman–Crippen MR) is 90.3 cm³/mol. The van der Waals surface area contributed by atoms with Crippen molar-refractivity contribution in [3.8, 4) is 0 Å². The number of carbonyl (C=O) groups is 1. The number of rotatable bonds is 5. The third-order valence-corrected chi connectivity index (χ3v) is 4.28. The second-order valence-electron chi connectivity index (χ2n) is 5.94. The van der Waals surface area contributed by atoms with Crippen molar-refractivity contribution in [1.29, 1.82) is 0 Å². The lowest BCUT2D eigenvalue weighted by Gasteiger charge is -2.35. The fourth-order valence-electron chi connectivity index (χ4n) is 2.95. The standard InChI is InChI=1S/C19H20F2N2O2/c20-16-6-4-14(5-7-16)18(23-8-10-25-11-9-23)13-22-19(24)15-2-1-3-17(21)12-15/h1-7,12,18H,8-11,13H2,(H,22,24). The largest absolute Gasteiger partial charge is 0.379 e. The molecule has 3 rings (SSSR count). The van der Waals surface area contributed by atoms with E-state index in [0.717, 1.165) is 18.7 Å². The summed E-state index contributed by atoms with van der Waals surface area (Å²) in [6.07, 6.45) is 0. The van der Waals surface area contributed by atoms with E-state index in [1.807, 2.05) is 0 Å². The van der Waals surface area contributed by atoms with Crippen LogP contribution in [0.25, 0.3) is 0 Å². The molecule has 1 heterocycles. The number of amides is 1. The van der Waals surface area contributed by atoms with Gasteiger partial charge in [0.1, 0.15) is 11.6 Å². The molecule has 1 N–H and O–H groups in total. The molecular formula is C19H20F2N2O2. The Kier molecular flexibility index (Phi) is 5.73. The van der Waals surface area contributed by atoms with Gasteiger partial charge in [0.2, 0.25) is 0 Å². The van der Waals surface area contributed by atoms with Gasteiger partial charge in [-0.15, -0.1) is 0 Å². The Hall–Kier alpha value is -2.31. The average Bonchev–Trinajstić information content (AvgIpc) is 2.64. The first-order chi connectivity index (χ1) is 12.1. The summed E-state index contributed by atoms with van der Waals surface area (Å²) in [5.74, 6) is -1.08. The van der Waals surface area contributed by atoms with Crippen molar-refractivity contribution in [2.24, 2.45) is 0 Å². The van der Waals surface area contributed by atoms with Crippen LogP contribution in [0.2, 0.25) is 0 Å². The molecule has 2 aromatic rings. The average molecular weight is 346 g/mol. The number of ether oxygens (including phenoxy) is 1. The molecule has 0 spiro atoms. The third kappa shape index (κ3) is 4.61. The van der Waals surface area contributed by atoms with Crippen LogP contribution in [0.4, 0.5) is 8.78 Å². The quantitative estimate of drug-likeness (QED) is 0.905. The molecule has 0 saturated carbocycles. The molecule has 1 amide bonds. The van der Waals surface area contributed by atoms with Crippen LogP contribution in [0, 0.1) is 11.6 Å². The van der Waals surface area contributed by atoms with Crippen LogP contribution in [-0.4, -0.2) is 43.7 Å². The van der Waals surface area contributed by atoms with E-state index < -0.39 is 5.82 Å². The molecule has 6 heteroatoms. The van der Waals surface area contributed by atoms with Gasteiger partial charge in [0.05, 0.1) is 19.3 Å². The van der Waals surface area contributed by atoms with Crippen molar-refractivity contribution in [2.75, 3.05) is 32.8 Å². The number of nitrogens with zero attached hydrogens (tertiary/aromatic N) is 1. The number of nitrogens with one attached hydrogen (secondary N) is 1. The van der Waals surface area contributed by atoms with Crippen molar-refractivity contribution in [3.05, 3.63) is 71.3 Å². The first-order valence-corrected chi connectivity index (χ1v) is 8.24. The van der Waals surface area contributed by atoms with E-state index in [2.05, 4.69) is 10.2 Å². The number of carbonyl (C=O) groups excluding carboxylic acids is 1. The zero-order chi connectivity index (χ0) is 17.6. The summed E-state index contributed by atoms with van der Waals surface area (Å²) < 4.78 is 31.9. The van der Waals surface area contributed by atoms with Crippen LogP contribution < -0.4 is 5.32 Å². The maximum Gasteiger partial charge on any atom is 0.251 e. The summed E-state index contributed by atoms with van der Waals surface area (Å²) in [5, 5.41) is 2.85. The number of benzene rings is 2. The maximum atomic E-state index is 13.3. The fraction of sp³-hybridized carbons (Fsp3) is 0.316. The molecule has 1 unspecified atom stereocenters. The highest BCUT2D eigenvalue weighted by Crippen LogP contribution is 2.22. The molecule has 1 saturated heterocycles. The van der Waals surface area contributed by atoms with Gasteiger partial charge < -0.3 is 10.1 Å². The highest BCUT2D eigenvalue weighted by atomic mass is 19.1. The minimum absolute atomic E-state index is 0.0954. The van der Waals surface area contributed by atoms with Crippen LogP contribution in [0.1, 0.15) is 22.0 Å². The number of halogens is 2. The van der Waals surface area contributed by atoms with Crippen LogP contribution >= 0.6 is 0 Å². The maximum absolute atomic E-state index is 13.3. The van der Waals surface area contributed by atoms with Gasteiger partial charge in [-0.1, -0.05) is 18.2 Å². The highest BCUT2D eigenvalue weighted by molar-refractivity contribution is 5.94.